The van der Waals surface area contributed by atoms with E-state index in [-0.39, 0.29) is 6.10 Å². The molecular weight excluding hydrogens is 154 g/mol. The van der Waals surface area contributed by atoms with Gasteiger partial charge in [0.05, 0.1) is 6.10 Å². The molecule has 0 bridgehead atoms. The van der Waals surface area contributed by atoms with Crippen LogP contribution in [0.3, 0.4) is 0 Å². The molecule has 0 aromatic heterocycles. The first-order valence-electron chi connectivity index (χ1n) is 3.17. The summed E-state index contributed by atoms with van der Waals surface area (Å²) in [7, 11) is 0. The molecule has 1 N–H and O–H groups in total. The maximum absolute atomic E-state index is 10.6. The lowest BCUT2D eigenvalue weighted by molar-refractivity contribution is 0.116. The molecule has 0 aromatic rings. The molecule has 0 aromatic carbocycles. The predicted octanol–water partition coefficient (Wildman–Crippen LogP) is 1.36. The van der Waals surface area contributed by atoms with Gasteiger partial charge in [-0.3, -0.25) is 0 Å². The average Bonchev–Trinajstić information content (AvgIpc) is 1.82. The van der Waals surface area contributed by atoms with Crippen LogP contribution in [0.15, 0.2) is 0 Å². The average molecular weight is 166 g/mol. The molecule has 0 fully saturated rings. The van der Waals surface area contributed by atoms with Gasteiger partial charge < -0.3 is 10.1 Å². The van der Waals surface area contributed by atoms with Gasteiger partial charge in [0.25, 0.3) is 0 Å². The molecule has 0 aliphatic carbocycles. The van der Waals surface area contributed by atoms with Crippen LogP contribution in [-0.4, -0.2) is 24.6 Å². The van der Waals surface area contributed by atoms with Crippen molar-refractivity contribution >= 4 is 17.7 Å². The molecule has 4 heteroatoms. The monoisotopic (exact) mass is 165 g/mol. The van der Waals surface area contributed by atoms with Crippen molar-refractivity contribution in [1.82, 2.24) is 5.32 Å². The van der Waals surface area contributed by atoms with Gasteiger partial charge in [-0.25, -0.2) is 4.79 Å². The van der Waals surface area contributed by atoms with Crippen molar-refractivity contribution in [3.63, 3.8) is 0 Å². The van der Waals surface area contributed by atoms with Crippen LogP contribution in [-0.2, 0) is 4.74 Å². The molecule has 0 atom stereocenters. The standard InChI is InChI=1S/C6H12ClNO2/c1-5(2)10-6(9)8-4-3-7/h5H,3-4H2,1-2H3,(H,8,9). The van der Waals surface area contributed by atoms with Crippen molar-refractivity contribution in [3.8, 4) is 0 Å². The smallest absolute Gasteiger partial charge is 0.407 e. The van der Waals surface area contributed by atoms with Crippen molar-refractivity contribution in [1.29, 1.82) is 0 Å². The fraction of sp³-hybridized carbons (Fsp3) is 0.833. The Kier molecular flexibility index (Phi) is 5.12. The number of carbonyl (C=O) groups is 1. The highest BCUT2D eigenvalue weighted by atomic mass is 35.5. The Morgan fingerprint density at radius 3 is 2.70 bits per heavy atom. The van der Waals surface area contributed by atoms with Crippen LogP contribution in [0, 0.1) is 0 Å². The summed E-state index contributed by atoms with van der Waals surface area (Å²) in [6, 6.07) is 0. The minimum atomic E-state index is -0.407. The SMILES string of the molecule is CC(C)OC(=O)NCCCl. The van der Waals surface area contributed by atoms with Crippen LogP contribution in [0.1, 0.15) is 13.8 Å². The number of rotatable bonds is 3. The minimum absolute atomic E-state index is 0.0738. The summed E-state index contributed by atoms with van der Waals surface area (Å²) in [5.41, 5.74) is 0. The van der Waals surface area contributed by atoms with Crippen LogP contribution in [0.4, 0.5) is 4.79 Å². The fourth-order valence-electron chi connectivity index (χ4n) is 0.405. The number of carbonyl (C=O) groups excluding carboxylic acids is 1. The zero-order valence-corrected chi connectivity index (χ0v) is 6.94. The van der Waals surface area contributed by atoms with E-state index in [0.717, 1.165) is 0 Å². The van der Waals surface area contributed by atoms with E-state index >= 15 is 0 Å². The predicted molar refractivity (Wildman–Crippen MR) is 40.3 cm³/mol. The number of halogens is 1. The lowest BCUT2D eigenvalue weighted by Gasteiger charge is -2.07. The Hall–Kier alpha value is -0.440. The van der Waals surface area contributed by atoms with Crippen molar-refractivity contribution in [2.75, 3.05) is 12.4 Å². The van der Waals surface area contributed by atoms with E-state index in [0.29, 0.717) is 12.4 Å². The quantitative estimate of drug-likeness (QED) is 0.642. The van der Waals surface area contributed by atoms with Gasteiger partial charge >= 0.3 is 6.09 Å². The molecule has 0 saturated carbocycles. The largest absolute Gasteiger partial charge is 0.447 e. The second-order valence-electron chi connectivity index (χ2n) is 2.07. The fourth-order valence-corrected chi connectivity index (χ4v) is 0.500. The van der Waals surface area contributed by atoms with Gasteiger partial charge in [-0.1, -0.05) is 0 Å². The molecule has 0 unspecified atom stereocenters. The summed E-state index contributed by atoms with van der Waals surface area (Å²) in [6.07, 6.45) is -0.481. The summed E-state index contributed by atoms with van der Waals surface area (Å²) in [5.74, 6) is 0.410. The molecule has 0 aliphatic heterocycles. The van der Waals surface area contributed by atoms with Crippen LogP contribution in [0.25, 0.3) is 0 Å². The Bertz CT molecular complexity index is 106. The van der Waals surface area contributed by atoms with E-state index in [4.69, 9.17) is 16.3 Å². The molecule has 0 spiro atoms. The van der Waals surface area contributed by atoms with Gasteiger partial charge in [-0.05, 0) is 13.8 Å². The number of hydrogen-bond donors (Lipinski definition) is 1. The van der Waals surface area contributed by atoms with Crippen molar-refractivity contribution < 1.29 is 9.53 Å². The van der Waals surface area contributed by atoms with Crippen molar-refractivity contribution in [2.24, 2.45) is 0 Å². The van der Waals surface area contributed by atoms with E-state index in [9.17, 15) is 4.79 Å². The number of amides is 1. The van der Waals surface area contributed by atoms with Gasteiger partial charge in [-0.15, -0.1) is 11.6 Å². The second kappa shape index (κ2) is 5.35. The third kappa shape index (κ3) is 5.69. The van der Waals surface area contributed by atoms with Crippen LogP contribution >= 0.6 is 11.6 Å². The molecule has 0 radical (unpaired) electrons. The lowest BCUT2D eigenvalue weighted by atomic mass is 10.5. The summed E-state index contributed by atoms with van der Waals surface area (Å²) in [4.78, 5) is 10.6. The van der Waals surface area contributed by atoms with Gasteiger partial charge in [0.15, 0.2) is 0 Å². The summed E-state index contributed by atoms with van der Waals surface area (Å²) < 4.78 is 4.74. The number of alkyl carbamates (subject to hydrolysis) is 1. The highest BCUT2D eigenvalue weighted by Crippen LogP contribution is 1.87. The zero-order valence-electron chi connectivity index (χ0n) is 6.19. The Balaban J connectivity index is 3.26. The minimum Gasteiger partial charge on any atom is -0.447 e. The molecule has 0 aliphatic rings. The third-order valence-electron chi connectivity index (χ3n) is 0.707. The number of ether oxygens (including phenoxy) is 1. The topological polar surface area (TPSA) is 38.3 Å². The van der Waals surface area contributed by atoms with Crippen molar-refractivity contribution in [3.05, 3.63) is 0 Å². The molecule has 1 amide bonds. The first-order valence-corrected chi connectivity index (χ1v) is 3.70. The molecule has 3 nitrogen and oxygen atoms in total. The first-order chi connectivity index (χ1) is 4.66. The Morgan fingerprint density at radius 2 is 2.30 bits per heavy atom. The number of nitrogens with one attached hydrogen (secondary N) is 1. The normalized spacial score (nSPS) is 9.60. The van der Waals surface area contributed by atoms with Crippen LogP contribution in [0.2, 0.25) is 0 Å². The molecular formula is C6H12ClNO2. The summed E-state index contributed by atoms with van der Waals surface area (Å²) in [5, 5.41) is 2.47. The van der Waals surface area contributed by atoms with E-state index in [1.54, 1.807) is 13.8 Å². The maximum atomic E-state index is 10.6. The summed E-state index contributed by atoms with van der Waals surface area (Å²) in [6.45, 7) is 4.04. The second-order valence-corrected chi connectivity index (χ2v) is 2.45. The van der Waals surface area contributed by atoms with E-state index in [1.165, 1.54) is 0 Å². The molecule has 60 valence electrons. The molecule has 0 rings (SSSR count). The van der Waals surface area contributed by atoms with Gasteiger partial charge in [0.1, 0.15) is 0 Å². The van der Waals surface area contributed by atoms with Gasteiger partial charge in [0.2, 0.25) is 0 Å². The number of alkyl halides is 1. The van der Waals surface area contributed by atoms with E-state index < -0.39 is 6.09 Å². The Morgan fingerprint density at radius 1 is 1.70 bits per heavy atom. The van der Waals surface area contributed by atoms with E-state index in [1.807, 2.05) is 0 Å². The molecule has 0 saturated heterocycles. The van der Waals surface area contributed by atoms with Gasteiger partial charge in [-0.2, -0.15) is 0 Å². The van der Waals surface area contributed by atoms with Gasteiger partial charge in [0, 0.05) is 12.4 Å². The van der Waals surface area contributed by atoms with E-state index in [2.05, 4.69) is 5.32 Å². The lowest BCUT2D eigenvalue weighted by Crippen LogP contribution is -2.28. The first kappa shape index (κ1) is 9.56. The molecule has 10 heavy (non-hydrogen) atoms. The highest BCUT2D eigenvalue weighted by Gasteiger charge is 2.01. The maximum Gasteiger partial charge on any atom is 0.407 e. The summed E-state index contributed by atoms with van der Waals surface area (Å²) >= 11 is 5.31. The Labute approximate surface area is 65.7 Å². The zero-order chi connectivity index (χ0) is 7.98. The van der Waals surface area contributed by atoms with Crippen LogP contribution in [0.5, 0.6) is 0 Å². The molecule has 0 heterocycles. The number of hydrogen-bond acceptors (Lipinski definition) is 2. The highest BCUT2D eigenvalue weighted by molar-refractivity contribution is 6.18. The van der Waals surface area contributed by atoms with Crippen molar-refractivity contribution in [2.45, 2.75) is 20.0 Å². The van der Waals surface area contributed by atoms with Crippen LogP contribution < -0.4 is 5.32 Å². The third-order valence-corrected chi connectivity index (χ3v) is 0.896.